The minimum Gasteiger partial charge on any atom is -0.480 e. The minimum absolute atomic E-state index is 0.102. The largest absolute Gasteiger partial charge is 0.480 e. The van der Waals surface area contributed by atoms with Gasteiger partial charge in [0.15, 0.2) is 0 Å². The molecule has 6 heteroatoms. The number of carbonyl (C=O) groups is 2. The highest BCUT2D eigenvalue weighted by Gasteiger charge is 2.13. The van der Waals surface area contributed by atoms with Crippen molar-refractivity contribution in [3.8, 4) is 0 Å². The third-order valence-corrected chi connectivity index (χ3v) is 2.99. The van der Waals surface area contributed by atoms with Gasteiger partial charge in [-0.05, 0) is 24.7 Å². The zero-order valence-corrected chi connectivity index (χ0v) is 13.7. The van der Waals surface area contributed by atoms with Crippen molar-refractivity contribution in [3.05, 3.63) is 0 Å². The summed E-state index contributed by atoms with van der Waals surface area (Å²) in [4.78, 5) is 24.2. The lowest BCUT2D eigenvalue weighted by atomic mass is 10.1. The van der Waals surface area contributed by atoms with E-state index < -0.39 is 5.97 Å². The Morgan fingerprint density at radius 1 is 1.10 bits per heavy atom. The summed E-state index contributed by atoms with van der Waals surface area (Å²) in [6.07, 6.45) is 1.95. The highest BCUT2D eigenvalue weighted by atomic mass is 16.5. The second-order valence-corrected chi connectivity index (χ2v) is 6.03. The van der Waals surface area contributed by atoms with Crippen LogP contribution >= 0.6 is 0 Å². The average Bonchev–Trinajstić information content (AvgIpc) is 2.37. The van der Waals surface area contributed by atoms with Crippen LogP contribution in [-0.2, 0) is 9.53 Å². The van der Waals surface area contributed by atoms with Crippen LogP contribution in [0.2, 0.25) is 0 Å². The van der Waals surface area contributed by atoms with Crippen LogP contribution in [0.25, 0.3) is 0 Å². The molecule has 0 rings (SSSR count). The normalized spacial score (nSPS) is 11.0. The van der Waals surface area contributed by atoms with E-state index in [-0.39, 0.29) is 19.2 Å². The molecule has 0 aromatic rings. The van der Waals surface area contributed by atoms with Crippen molar-refractivity contribution >= 4 is 12.0 Å². The lowest BCUT2D eigenvalue weighted by Gasteiger charge is -2.24. The number of carbonyl (C=O) groups excluding carboxylic acids is 1. The number of hydrogen-bond acceptors (Lipinski definition) is 3. The average molecular weight is 302 g/mol. The van der Waals surface area contributed by atoms with Crippen LogP contribution in [0.5, 0.6) is 0 Å². The van der Waals surface area contributed by atoms with E-state index in [2.05, 4.69) is 33.0 Å². The smallest absolute Gasteiger partial charge is 0.329 e. The molecule has 0 aliphatic rings. The van der Waals surface area contributed by atoms with Crippen molar-refractivity contribution in [2.75, 3.05) is 32.8 Å². The molecule has 6 nitrogen and oxygen atoms in total. The van der Waals surface area contributed by atoms with Crippen molar-refractivity contribution in [1.82, 2.24) is 10.2 Å². The van der Waals surface area contributed by atoms with E-state index in [4.69, 9.17) is 9.84 Å². The van der Waals surface area contributed by atoms with E-state index in [1.807, 2.05) is 4.90 Å². The quantitative estimate of drug-likeness (QED) is 0.573. The van der Waals surface area contributed by atoms with Gasteiger partial charge in [0, 0.05) is 19.6 Å². The maximum atomic E-state index is 12.1. The molecule has 2 N–H and O–H groups in total. The Kier molecular flexibility index (Phi) is 10.7. The van der Waals surface area contributed by atoms with Crippen molar-refractivity contribution < 1.29 is 19.4 Å². The summed E-state index contributed by atoms with van der Waals surface area (Å²) < 4.78 is 4.89. The topological polar surface area (TPSA) is 78.9 Å². The van der Waals surface area contributed by atoms with E-state index in [0.717, 1.165) is 25.9 Å². The highest BCUT2D eigenvalue weighted by molar-refractivity contribution is 5.74. The zero-order valence-electron chi connectivity index (χ0n) is 13.7. The molecule has 0 spiro atoms. The lowest BCUT2D eigenvalue weighted by Crippen LogP contribution is -2.42. The number of rotatable bonds is 11. The van der Waals surface area contributed by atoms with Gasteiger partial charge in [-0.25, -0.2) is 9.59 Å². The summed E-state index contributed by atoms with van der Waals surface area (Å²) in [5.74, 6) is 0.105. The van der Waals surface area contributed by atoms with Crippen LogP contribution in [-0.4, -0.2) is 54.9 Å². The molecule has 0 fully saturated rings. The molecule has 0 bridgehead atoms. The molecule has 0 aromatic heterocycles. The molecule has 0 heterocycles. The maximum absolute atomic E-state index is 12.1. The third-order valence-electron chi connectivity index (χ3n) is 2.99. The molecule has 0 saturated heterocycles. The molecular weight excluding hydrogens is 272 g/mol. The minimum atomic E-state index is -1.00. The first-order chi connectivity index (χ1) is 9.82. The SMILES string of the molecule is CC(C)CCN(CCC(C)C)C(=O)NCCOCC(=O)O. The Hall–Kier alpha value is -1.30. The summed E-state index contributed by atoms with van der Waals surface area (Å²) in [5.41, 5.74) is 0. The van der Waals surface area contributed by atoms with E-state index in [0.29, 0.717) is 18.4 Å². The van der Waals surface area contributed by atoms with E-state index >= 15 is 0 Å². The molecule has 0 aliphatic heterocycles. The standard InChI is InChI=1S/C15H30N2O4/c1-12(2)5-8-17(9-6-13(3)4)15(20)16-7-10-21-11-14(18)19/h12-13H,5-11H2,1-4H3,(H,16,20)(H,18,19). The number of amides is 2. The molecule has 2 amide bonds. The Labute approximate surface area is 127 Å². The first kappa shape index (κ1) is 19.7. The van der Waals surface area contributed by atoms with Gasteiger partial charge in [0.25, 0.3) is 0 Å². The molecule has 0 atom stereocenters. The van der Waals surface area contributed by atoms with Gasteiger partial charge in [-0.15, -0.1) is 0 Å². The summed E-state index contributed by atoms with van der Waals surface area (Å²) in [7, 11) is 0. The highest BCUT2D eigenvalue weighted by Crippen LogP contribution is 2.06. The number of aliphatic carboxylic acids is 1. The number of carboxylic acid groups (broad SMARTS) is 1. The van der Waals surface area contributed by atoms with Crippen molar-refractivity contribution in [1.29, 1.82) is 0 Å². The second kappa shape index (κ2) is 11.4. The number of ether oxygens (including phenoxy) is 1. The Balaban J connectivity index is 4.07. The van der Waals surface area contributed by atoms with E-state index in [1.54, 1.807) is 0 Å². The summed E-state index contributed by atoms with van der Waals surface area (Å²) in [6, 6.07) is -0.102. The molecule has 0 aliphatic carbocycles. The van der Waals surface area contributed by atoms with Crippen LogP contribution in [0.4, 0.5) is 4.79 Å². The van der Waals surface area contributed by atoms with Gasteiger partial charge in [0.2, 0.25) is 0 Å². The second-order valence-electron chi connectivity index (χ2n) is 6.03. The van der Waals surface area contributed by atoms with Crippen LogP contribution in [0.3, 0.4) is 0 Å². The number of nitrogens with one attached hydrogen (secondary N) is 1. The Morgan fingerprint density at radius 2 is 1.62 bits per heavy atom. The zero-order chi connectivity index (χ0) is 16.3. The predicted octanol–water partition coefficient (Wildman–Crippen LogP) is 2.19. The molecule has 124 valence electrons. The molecular formula is C15H30N2O4. The third kappa shape index (κ3) is 12.2. The van der Waals surface area contributed by atoms with Crippen molar-refractivity contribution in [3.63, 3.8) is 0 Å². The number of urea groups is 1. The summed E-state index contributed by atoms with van der Waals surface area (Å²) in [5, 5.41) is 11.2. The predicted molar refractivity (Wildman–Crippen MR) is 82.3 cm³/mol. The van der Waals surface area contributed by atoms with Gasteiger partial charge in [0.1, 0.15) is 6.61 Å². The van der Waals surface area contributed by atoms with Gasteiger partial charge >= 0.3 is 12.0 Å². The Bertz CT molecular complexity index is 294. The fourth-order valence-electron chi connectivity index (χ4n) is 1.64. The molecule has 21 heavy (non-hydrogen) atoms. The van der Waals surface area contributed by atoms with Crippen molar-refractivity contribution in [2.45, 2.75) is 40.5 Å². The monoisotopic (exact) mass is 302 g/mol. The van der Waals surface area contributed by atoms with Gasteiger partial charge in [-0.2, -0.15) is 0 Å². The van der Waals surface area contributed by atoms with Crippen LogP contribution in [0.1, 0.15) is 40.5 Å². The van der Waals surface area contributed by atoms with Gasteiger partial charge in [0.05, 0.1) is 6.61 Å². The molecule has 0 unspecified atom stereocenters. The van der Waals surface area contributed by atoms with Crippen LogP contribution < -0.4 is 5.32 Å². The first-order valence-corrected chi connectivity index (χ1v) is 7.65. The number of hydrogen-bond donors (Lipinski definition) is 2. The molecule has 0 aromatic carbocycles. The molecule has 0 radical (unpaired) electrons. The van der Waals surface area contributed by atoms with Crippen molar-refractivity contribution in [2.24, 2.45) is 11.8 Å². The van der Waals surface area contributed by atoms with Gasteiger partial charge < -0.3 is 20.1 Å². The van der Waals surface area contributed by atoms with Gasteiger partial charge in [-0.1, -0.05) is 27.7 Å². The number of carboxylic acids is 1. The maximum Gasteiger partial charge on any atom is 0.329 e. The van der Waals surface area contributed by atoms with Crippen LogP contribution in [0.15, 0.2) is 0 Å². The lowest BCUT2D eigenvalue weighted by molar-refractivity contribution is -0.142. The Morgan fingerprint density at radius 3 is 2.05 bits per heavy atom. The van der Waals surface area contributed by atoms with E-state index in [1.165, 1.54) is 0 Å². The summed E-state index contributed by atoms with van der Waals surface area (Å²) in [6.45, 7) is 10.2. The van der Waals surface area contributed by atoms with Gasteiger partial charge in [-0.3, -0.25) is 0 Å². The fraction of sp³-hybridized carbons (Fsp3) is 0.867. The molecule has 0 saturated carbocycles. The fourth-order valence-corrected chi connectivity index (χ4v) is 1.64. The first-order valence-electron chi connectivity index (χ1n) is 7.65. The number of nitrogens with zero attached hydrogens (tertiary/aromatic N) is 1. The summed E-state index contributed by atoms with van der Waals surface area (Å²) >= 11 is 0. The van der Waals surface area contributed by atoms with Crippen LogP contribution in [0, 0.1) is 11.8 Å². The van der Waals surface area contributed by atoms with E-state index in [9.17, 15) is 9.59 Å².